The molecule has 1 rings (SSSR count). The van der Waals surface area contributed by atoms with E-state index in [0.717, 1.165) is 0 Å². The van der Waals surface area contributed by atoms with Crippen LogP contribution in [0.15, 0.2) is 12.1 Å². The van der Waals surface area contributed by atoms with Gasteiger partial charge in [0, 0.05) is 30.8 Å². The molecule has 0 saturated heterocycles. The van der Waals surface area contributed by atoms with E-state index in [9.17, 15) is 15.0 Å². The number of hydrogen-bond donors (Lipinski definition) is 3. The minimum Gasteiger partial charge on any atom is -0.481 e. The number of nitrogens with zero attached hydrogens (tertiary/aromatic N) is 1. The van der Waals surface area contributed by atoms with Gasteiger partial charge in [0.05, 0.1) is 7.11 Å². The Morgan fingerprint density at radius 1 is 1.50 bits per heavy atom. The first kappa shape index (κ1) is 14.4. The Balaban J connectivity index is 2.76. The second kappa shape index (κ2) is 6.32. The van der Waals surface area contributed by atoms with E-state index in [1.807, 2.05) is 0 Å². The average molecular weight is 254 g/mol. The number of amides is 1. The highest BCUT2D eigenvalue weighted by Crippen LogP contribution is 2.21. The quantitative estimate of drug-likeness (QED) is 0.684. The number of aliphatic hydroxyl groups is 2. The smallest absolute Gasteiger partial charge is 0.216 e. The molecule has 2 unspecified atom stereocenters. The normalized spacial score (nSPS) is 13.8. The first-order valence-electron chi connectivity index (χ1n) is 5.57. The van der Waals surface area contributed by atoms with E-state index in [-0.39, 0.29) is 12.5 Å². The number of pyridine rings is 1. The van der Waals surface area contributed by atoms with Crippen LogP contribution in [0.3, 0.4) is 0 Å². The summed E-state index contributed by atoms with van der Waals surface area (Å²) in [7, 11) is 1.50. The molecule has 0 bridgehead atoms. The summed E-state index contributed by atoms with van der Waals surface area (Å²) in [5, 5.41) is 22.2. The lowest BCUT2D eigenvalue weighted by molar-refractivity contribution is -0.119. The topological polar surface area (TPSA) is 91.7 Å². The number of ether oxygens (including phenoxy) is 1. The van der Waals surface area contributed by atoms with Gasteiger partial charge in [0.2, 0.25) is 11.8 Å². The Hall–Kier alpha value is -1.66. The van der Waals surface area contributed by atoms with E-state index >= 15 is 0 Å². The van der Waals surface area contributed by atoms with Gasteiger partial charge in [-0.1, -0.05) is 0 Å². The molecule has 0 fully saturated rings. The molecule has 6 nitrogen and oxygen atoms in total. The van der Waals surface area contributed by atoms with Crippen LogP contribution in [-0.4, -0.2) is 40.9 Å². The molecule has 6 heteroatoms. The van der Waals surface area contributed by atoms with Gasteiger partial charge in [0.1, 0.15) is 12.2 Å². The Morgan fingerprint density at radius 2 is 2.17 bits per heavy atom. The van der Waals surface area contributed by atoms with Crippen LogP contribution in [0.1, 0.15) is 24.3 Å². The van der Waals surface area contributed by atoms with E-state index in [1.54, 1.807) is 19.1 Å². The highest BCUT2D eigenvalue weighted by molar-refractivity contribution is 5.72. The van der Waals surface area contributed by atoms with Crippen LogP contribution in [0.5, 0.6) is 5.88 Å². The number of nitrogens with one attached hydrogen (secondary N) is 1. The van der Waals surface area contributed by atoms with Gasteiger partial charge in [-0.2, -0.15) is 0 Å². The van der Waals surface area contributed by atoms with Crippen LogP contribution in [0.2, 0.25) is 0 Å². The van der Waals surface area contributed by atoms with E-state index in [2.05, 4.69) is 10.3 Å². The van der Waals surface area contributed by atoms with E-state index in [0.29, 0.717) is 17.1 Å². The van der Waals surface area contributed by atoms with E-state index < -0.39 is 12.2 Å². The summed E-state index contributed by atoms with van der Waals surface area (Å²) >= 11 is 0. The lowest BCUT2D eigenvalue weighted by atomic mass is 10.0. The van der Waals surface area contributed by atoms with Crippen molar-refractivity contribution < 1.29 is 19.7 Å². The number of aliphatic hydroxyl groups excluding tert-OH is 2. The van der Waals surface area contributed by atoms with Crippen molar-refractivity contribution >= 4 is 5.91 Å². The maximum Gasteiger partial charge on any atom is 0.216 e. The van der Waals surface area contributed by atoms with Gasteiger partial charge in [-0.25, -0.2) is 4.98 Å². The number of carbonyl (C=O) groups excluding carboxylic acids is 1. The molecular formula is C12H18N2O4. The minimum atomic E-state index is -1.10. The Kier molecular flexibility index (Phi) is 5.06. The zero-order chi connectivity index (χ0) is 13.7. The van der Waals surface area contributed by atoms with Crippen molar-refractivity contribution in [3.63, 3.8) is 0 Å². The molecule has 0 aliphatic carbocycles. The molecule has 0 radical (unpaired) electrons. The van der Waals surface area contributed by atoms with Gasteiger partial charge in [-0.15, -0.1) is 0 Å². The Labute approximate surface area is 106 Å². The molecule has 1 aromatic rings. The van der Waals surface area contributed by atoms with Gasteiger partial charge < -0.3 is 20.3 Å². The number of aromatic nitrogens is 1. The molecule has 2 atom stereocenters. The maximum absolute atomic E-state index is 10.7. The Bertz CT molecular complexity index is 423. The van der Waals surface area contributed by atoms with Crippen LogP contribution in [0.25, 0.3) is 0 Å². The van der Waals surface area contributed by atoms with Crippen molar-refractivity contribution in [2.45, 2.75) is 26.1 Å². The fourth-order valence-electron chi connectivity index (χ4n) is 1.54. The van der Waals surface area contributed by atoms with Gasteiger partial charge in [0.15, 0.2) is 0 Å². The standard InChI is InChI=1S/C12H18N2O4/c1-7-9(4-5-11(14-7)18-3)12(17)10(16)6-13-8(2)15/h4-5,10,12,16-17H,6H2,1-3H3,(H,13,15). The van der Waals surface area contributed by atoms with E-state index in [1.165, 1.54) is 14.0 Å². The molecule has 0 aliphatic rings. The SMILES string of the molecule is COc1ccc(C(O)C(O)CNC(C)=O)c(C)n1. The third-order valence-electron chi connectivity index (χ3n) is 2.55. The van der Waals surface area contributed by atoms with Crippen molar-refractivity contribution in [1.29, 1.82) is 0 Å². The molecule has 3 N–H and O–H groups in total. The molecule has 1 amide bonds. The lowest BCUT2D eigenvalue weighted by Crippen LogP contribution is -2.34. The van der Waals surface area contributed by atoms with Gasteiger partial charge in [-0.3, -0.25) is 4.79 Å². The summed E-state index contributed by atoms with van der Waals surface area (Å²) in [4.78, 5) is 14.8. The molecule has 1 heterocycles. The summed E-state index contributed by atoms with van der Waals surface area (Å²) in [5.41, 5.74) is 1.08. The van der Waals surface area contributed by atoms with Crippen LogP contribution in [-0.2, 0) is 4.79 Å². The van der Waals surface area contributed by atoms with Crippen LogP contribution >= 0.6 is 0 Å². The fraction of sp³-hybridized carbons (Fsp3) is 0.500. The Morgan fingerprint density at radius 3 is 2.67 bits per heavy atom. The van der Waals surface area contributed by atoms with Crippen molar-refractivity contribution in [3.8, 4) is 5.88 Å². The van der Waals surface area contributed by atoms with Gasteiger partial charge in [-0.05, 0) is 13.0 Å². The first-order chi connectivity index (χ1) is 8.45. The summed E-state index contributed by atoms with van der Waals surface area (Å²) in [6, 6.07) is 3.25. The molecule has 0 spiro atoms. The van der Waals surface area contributed by atoms with Crippen LogP contribution < -0.4 is 10.1 Å². The summed E-state index contributed by atoms with van der Waals surface area (Å²) in [6.45, 7) is 3.05. The van der Waals surface area contributed by atoms with Crippen LogP contribution in [0, 0.1) is 6.92 Å². The first-order valence-corrected chi connectivity index (χ1v) is 5.57. The summed E-state index contributed by atoms with van der Waals surface area (Å²) in [5.74, 6) is 0.186. The number of methoxy groups -OCH3 is 1. The predicted octanol–water partition coefficient (Wildman–Crippen LogP) is -0.0710. The van der Waals surface area contributed by atoms with E-state index in [4.69, 9.17) is 4.74 Å². The average Bonchev–Trinajstić information content (AvgIpc) is 2.34. The molecule has 18 heavy (non-hydrogen) atoms. The minimum absolute atomic E-state index is 0.0119. The molecule has 0 aromatic carbocycles. The van der Waals surface area contributed by atoms with Gasteiger partial charge >= 0.3 is 0 Å². The largest absolute Gasteiger partial charge is 0.481 e. The molecule has 1 aromatic heterocycles. The maximum atomic E-state index is 10.7. The molecule has 0 aliphatic heterocycles. The number of hydrogen-bond acceptors (Lipinski definition) is 5. The summed E-state index contributed by atoms with van der Waals surface area (Å²) in [6.07, 6.45) is -2.18. The van der Waals surface area contributed by atoms with Crippen molar-refractivity contribution in [1.82, 2.24) is 10.3 Å². The van der Waals surface area contributed by atoms with Crippen LogP contribution in [0.4, 0.5) is 0 Å². The molecule has 100 valence electrons. The lowest BCUT2D eigenvalue weighted by Gasteiger charge is -2.19. The van der Waals surface area contributed by atoms with Crippen molar-refractivity contribution in [3.05, 3.63) is 23.4 Å². The summed E-state index contributed by atoms with van der Waals surface area (Å²) < 4.78 is 4.96. The molecular weight excluding hydrogens is 236 g/mol. The monoisotopic (exact) mass is 254 g/mol. The number of carbonyl (C=O) groups is 1. The highest BCUT2D eigenvalue weighted by atomic mass is 16.5. The van der Waals surface area contributed by atoms with Crippen molar-refractivity contribution in [2.75, 3.05) is 13.7 Å². The highest BCUT2D eigenvalue weighted by Gasteiger charge is 2.21. The zero-order valence-electron chi connectivity index (χ0n) is 10.7. The third kappa shape index (κ3) is 3.68. The second-order valence-corrected chi connectivity index (χ2v) is 3.98. The number of rotatable bonds is 5. The second-order valence-electron chi connectivity index (χ2n) is 3.98. The van der Waals surface area contributed by atoms with Gasteiger partial charge in [0.25, 0.3) is 0 Å². The fourth-order valence-corrected chi connectivity index (χ4v) is 1.54. The predicted molar refractivity (Wildman–Crippen MR) is 65.2 cm³/mol. The molecule has 0 saturated carbocycles. The zero-order valence-corrected chi connectivity index (χ0v) is 10.7. The number of aryl methyl sites for hydroxylation is 1. The van der Waals surface area contributed by atoms with Crippen molar-refractivity contribution in [2.24, 2.45) is 0 Å². The third-order valence-corrected chi connectivity index (χ3v) is 2.55.